The summed E-state index contributed by atoms with van der Waals surface area (Å²) in [5.41, 5.74) is 2.75. The van der Waals surface area contributed by atoms with Crippen molar-refractivity contribution in [3.05, 3.63) is 64.3 Å². The lowest BCUT2D eigenvalue weighted by atomic mass is 10.1. The molecule has 1 aliphatic heterocycles. The second-order valence-corrected chi connectivity index (χ2v) is 9.49. The molecule has 4 rings (SSSR count). The quantitative estimate of drug-likeness (QED) is 0.628. The number of nitrogens with one attached hydrogen (secondary N) is 1. The lowest BCUT2D eigenvalue weighted by Gasteiger charge is -2.13. The van der Waals surface area contributed by atoms with E-state index in [4.69, 9.17) is 33.0 Å². The minimum Gasteiger partial charge on any atom is -0.489 e. The SMILES string of the molecule is CS(=O)(=O)NC1CCCOc2c1nn(-c1ccccc1Cl)c2-c1ccc(Cl)cc1. The van der Waals surface area contributed by atoms with Gasteiger partial charge in [0, 0.05) is 10.6 Å². The number of sulfonamides is 1. The van der Waals surface area contributed by atoms with Crippen molar-refractivity contribution in [3.63, 3.8) is 0 Å². The van der Waals surface area contributed by atoms with Gasteiger partial charge in [-0.05, 0) is 37.1 Å². The summed E-state index contributed by atoms with van der Waals surface area (Å²) in [4.78, 5) is 0. The van der Waals surface area contributed by atoms with Crippen LogP contribution in [-0.4, -0.2) is 31.1 Å². The van der Waals surface area contributed by atoms with E-state index in [0.717, 1.165) is 11.8 Å². The van der Waals surface area contributed by atoms with Gasteiger partial charge in [0.05, 0.1) is 29.6 Å². The van der Waals surface area contributed by atoms with Crippen LogP contribution in [0.2, 0.25) is 10.0 Å². The maximum absolute atomic E-state index is 11.9. The Kier molecular flexibility index (Phi) is 5.57. The highest BCUT2D eigenvalue weighted by atomic mass is 35.5. The molecule has 0 saturated carbocycles. The Balaban J connectivity index is 1.97. The zero-order valence-electron chi connectivity index (χ0n) is 15.6. The molecule has 0 fully saturated rings. The van der Waals surface area contributed by atoms with Gasteiger partial charge in [0.25, 0.3) is 0 Å². The number of rotatable bonds is 4. The summed E-state index contributed by atoms with van der Waals surface area (Å²) >= 11 is 12.5. The molecule has 1 aliphatic rings. The average Bonchev–Trinajstić information content (AvgIpc) is 2.93. The van der Waals surface area contributed by atoms with Crippen molar-refractivity contribution in [2.45, 2.75) is 18.9 Å². The van der Waals surface area contributed by atoms with Crippen LogP contribution in [0.1, 0.15) is 24.6 Å². The van der Waals surface area contributed by atoms with E-state index in [1.807, 2.05) is 30.3 Å². The molecule has 0 aliphatic carbocycles. The predicted octanol–water partition coefficient (Wildman–Crippen LogP) is 4.61. The van der Waals surface area contributed by atoms with Crippen LogP contribution in [0.3, 0.4) is 0 Å². The van der Waals surface area contributed by atoms with Crippen molar-refractivity contribution in [2.75, 3.05) is 12.9 Å². The fraction of sp³-hybridized carbons (Fsp3) is 0.250. The molecule has 0 saturated heterocycles. The summed E-state index contributed by atoms with van der Waals surface area (Å²) in [6, 6.07) is 14.2. The number of para-hydroxylation sites is 1. The predicted molar refractivity (Wildman–Crippen MR) is 114 cm³/mol. The van der Waals surface area contributed by atoms with Gasteiger partial charge in [0.2, 0.25) is 10.0 Å². The molecule has 0 spiro atoms. The Morgan fingerprint density at radius 1 is 1.14 bits per heavy atom. The number of ether oxygens (including phenoxy) is 1. The van der Waals surface area contributed by atoms with Crippen molar-refractivity contribution < 1.29 is 13.2 Å². The number of hydrogen-bond donors (Lipinski definition) is 1. The molecule has 1 N–H and O–H groups in total. The molecule has 0 bridgehead atoms. The molecule has 2 aromatic carbocycles. The van der Waals surface area contributed by atoms with Crippen molar-refractivity contribution in [2.24, 2.45) is 0 Å². The van der Waals surface area contributed by atoms with Gasteiger partial charge >= 0.3 is 0 Å². The Bertz CT molecular complexity index is 1140. The van der Waals surface area contributed by atoms with Crippen LogP contribution in [0.15, 0.2) is 48.5 Å². The molecule has 2 heterocycles. The first-order valence-electron chi connectivity index (χ1n) is 9.07. The average molecular weight is 452 g/mol. The van der Waals surface area contributed by atoms with Crippen LogP contribution in [0.5, 0.6) is 5.75 Å². The van der Waals surface area contributed by atoms with Crippen LogP contribution in [-0.2, 0) is 10.0 Å². The second-order valence-electron chi connectivity index (χ2n) is 6.87. The van der Waals surface area contributed by atoms with Gasteiger partial charge in [-0.3, -0.25) is 0 Å². The van der Waals surface area contributed by atoms with Crippen LogP contribution in [0.4, 0.5) is 0 Å². The number of aromatic nitrogens is 2. The van der Waals surface area contributed by atoms with Crippen molar-refractivity contribution >= 4 is 33.2 Å². The highest BCUT2D eigenvalue weighted by molar-refractivity contribution is 7.88. The van der Waals surface area contributed by atoms with Gasteiger partial charge in [-0.15, -0.1) is 0 Å². The number of hydrogen-bond acceptors (Lipinski definition) is 4. The Morgan fingerprint density at radius 3 is 2.55 bits per heavy atom. The highest BCUT2D eigenvalue weighted by Gasteiger charge is 2.31. The van der Waals surface area contributed by atoms with E-state index < -0.39 is 16.1 Å². The smallest absolute Gasteiger partial charge is 0.209 e. The van der Waals surface area contributed by atoms with Gasteiger partial charge in [-0.25, -0.2) is 17.8 Å². The largest absolute Gasteiger partial charge is 0.489 e. The summed E-state index contributed by atoms with van der Waals surface area (Å²) in [5, 5.41) is 5.89. The molecular formula is C20H19Cl2N3O3S. The van der Waals surface area contributed by atoms with Gasteiger partial charge < -0.3 is 4.74 Å². The molecule has 9 heteroatoms. The molecule has 0 amide bonds. The zero-order valence-corrected chi connectivity index (χ0v) is 17.9. The van der Waals surface area contributed by atoms with Gasteiger partial charge in [-0.1, -0.05) is 47.5 Å². The van der Waals surface area contributed by atoms with Gasteiger partial charge in [0.15, 0.2) is 5.75 Å². The fourth-order valence-corrected chi connectivity index (χ4v) is 4.51. The third-order valence-electron chi connectivity index (χ3n) is 4.64. The summed E-state index contributed by atoms with van der Waals surface area (Å²) in [6.45, 7) is 0.462. The molecule has 1 unspecified atom stereocenters. The van der Waals surface area contributed by atoms with E-state index in [2.05, 4.69) is 4.72 Å². The monoisotopic (exact) mass is 451 g/mol. The number of fused-ring (bicyclic) bond motifs is 1. The molecule has 29 heavy (non-hydrogen) atoms. The lowest BCUT2D eigenvalue weighted by Crippen LogP contribution is -2.27. The van der Waals surface area contributed by atoms with Gasteiger partial charge in [-0.2, -0.15) is 5.10 Å². The third-order valence-corrected chi connectivity index (χ3v) is 5.92. The first kappa shape index (κ1) is 20.2. The van der Waals surface area contributed by atoms with E-state index in [1.165, 1.54) is 0 Å². The normalized spacial score (nSPS) is 16.7. The minimum atomic E-state index is -3.43. The molecule has 1 atom stereocenters. The van der Waals surface area contributed by atoms with E-state index in [-0.39, 0.29) is 0 Å². The Hall–Kier alpha value is -2.06. The zero-order chi connectivity index (χ0) is 20.6. The summed E-state index contributed by atoms with van der Waals surface area (Å²) < 4.78 is 34.3. The topological polar surface area (TPSA) is 73.2 Å². The molecule has 0 radical (unpaired) electrons. The maximum atomic E-state index is 11.9. The fourth-order valence-electron chi connectivity index (χ4n) is 3.42. The first-order valence-corrected chi connectivity index (χ1v) is 11.7. The molecule has 1 aromatic heterocycles. The minimum absolute atomic E-state index is 0.462. The first-order chi connectivity index (χ1) is 13.8. The Morgan fingerprint density at radius 2 is 1.86 bits per heavy atom. The standard InChI is InChI=1S/C20H19Cl2N3O3S/c1-29(26,27)24-16-6-4-12-28-20-18(16)23-25(17-7-3-2-5-15(17)22)19(20)13-8-10-14(21)11-9-13/h2-3,5,7-11,16,24H,4,6,12H2,1H3. The van der Waals surface area contributed by atoms with E-state index in [0.29, 0.717) is 52.3 Å². The van der Waals surface area contributed by atoms with E-state index in [9.17, 15) is 8.42 Å². The van der Waals surface area contributed by atoms with E-state index >= 15 is 0 Å². The highest BCUT2D eigenvalue weighted by Crippen LogP contribution is 2.42. The molecule has 6 nitrogen and oxygen atoms in total. The Labute approximate surface area is 179 Å². The number of nitrogens with zero attached hydrogens (tertiary/aromatic N) is 2. The van der Waals surface area contributed by atoms with Crippen molar-refractivity contribution in [1.29, 1.82) is 0 Å². The van der Waals surface area contributed by atoms with Crippen LogP contribution >= 0.6 is 23.2 Å². The van der Waals surface area contributed by atoms with Crippen LogP contribution in [0, 0.1) is 0 Å². The summed E-state index contributed by atoms with van der Waals surface area (Å²) in [5.74, 6) is 0.547. The van der Waals surface area contributed by atoms with Crippen LogP contribution in [0.25, 0.3) is 16.9 Å². The third kappa shape index (κ3) is 4.28. The lowest BCUT2D eigenvalue weighted by molar-refractivity contribution is 0.316. The van der Waals surface area contributed by atoms with Gasteiger partial charge in [0.1, 0.15) is 11.4 Å². The van der Waals surface area contributed by atoms with E-state index in [1.54, 1.807) is 22.9 Å². The number of benzene rings is 2. The molecule has 3 aromatic rings. The number of halogens is 2. The summed E-state index contributed by atoms with van der Waals surface area (Å²) in [6.07, 6.45) is 2.43. The van der Waals surface area contributed by atoms with Crippen LogP contribution < -0.4 is 9.46 Å². The van der Waals surface area contributed by atoms with Crippen molar-refractivity contribution in [1.82, 2.24) is 14.5 Å². The maximum Gasteiger partial charge on any atom is 0.209 e. The summed E-state index contributed by atoms with van der Waals surface area (Å²) in [7, 11) is -3.43. The second kappa shape index (κ2) is 7.99. The van der Waals surface area contributed by atoms with Crippen molar-refractivity contribution in [3.8, 4) is 22.7 Å². The molecular weight excluding hydrogens is 433 g/mol. The molecule has 152 valence electrons.